The minimum absolute atomic E-state index is 0.00814. The molecule has 192 valence electrons. The maximum absolute atomic E-state index is 9.13. The van der Waals surface area contributed by atoms with Gasteiger partial charge in [-0.3, -0.25) is 0 Å². The highest BCUT2D eigenvalue weighted by Gasteiger charge is 2.32. The highest BCUT2D eigenvalue weighted by Crippen LogP contribution is 2.35. The quantitative estimate of drug-likeness (QED) is 0.287. The van der Waals surface area contributed by atoms with E-state index < -0.39 is 0 Å². The average molecular weight is 505 g/mol. The van der Waals surface area contributed by atoms with Crippen LogP contribution in [0, 0.1) is 11.3 Å². The standard InChI is InChI=1S/C32H32N4O2/c1-23(26-14-10-24(19-33)11-15-26)22-38-31(27-7-4-3-5-8-27)29-21-36(30-9-6-18-34-32(30)35-29)20-25-12-16-28(37-2)17-13-25/h3-18,23,29,31H,20-22H2,1-2H3,(H,34,35)/t23?,29-,31-/m0/s1. The number of hydrogen-bond acceptors (Lipinski definition) is 6. The number of nitrogens with one attached hydrogen (secondary N) is 1. The Morgan fingerprint density at radius 3 is 2.45 bits per heavy atom. The summed E-state index contributed by atoms with van der Waals surface area (Å²) in [6.45, 7) is 4.22. The zero-order valence-electron chi connectivity index (χ0n) is 21.7. The monoisotopic (exact) mass is 504 g/mol. The zero-order valence-corrected chi connectivity index (χ0v) is 21.7. The lowest BCUT2D eigenvalue weighted by molar-refractivity contribution is 0.0324. The van der Waals surface area contributed by atoms with Gasteiger partial charge in [0.1, 0.15) is 17.7 Å². The fourth-order valence-corrected chi connectivity index (χ4v) is 4.91. The number of anilines is 2. The third-order valence-corrected chi connectivity index (χ3v) is 7.03. The number of nitriles is 1. The van der Waals surface area contributed by atoms with E-state index in [0.717, 1.165) is 41.5 Å². The molecule has 0 aliphatic carbocycles. The zero-order chi connectivity index (χ0) is 26.3. The molecular weight excluding hydrogens is 472 g/mol. The van der Waals surface area contributed by atoms with Crippen molar-refractivity contribution in [3.63, 3.8) is 0 Å². The number of methoxy groups -OCH3 is 1. The number of hydrogen-bond donors (Lipinski definition) is 1. The summed E-state index contributed by atoms with van der Waals surface area (Å²) >= 11 is 0. The Hall–Kier alpha value is -4.34. The summed E-state index contributed by atoms with van der Waals surface area (Å²) < 4.78 is 12.0. The summed E-state index contributed by atoms with van der Waals surface area (Å²) in [7, 11) is 1.68. The molecule has 1 aliphatic rings. The van der Waals surface area contributed by atoms with Crippen molar-refractivity contribution < 1.29 is 9.47 Å². The molecule has 5 rings (SSSR count). The summed E-state index contributed by atoms with van der Waals surface area (Å²) in [5.74, 6) is 1.89. The van der Waals surface area contributed by atoms with Crippen molar-refractivity contribution in [1.82, 2.24) is 4.98 Å². The lowest BCUT2D eigenvalue weighted by atomic mass is 9.97. The van der Waals surface area contributed by atoms with Crippen molar-refractivity contribution in [2.75, 3.05) is 30.5 Å². The van der Waals surface area contributed by atoms with E-state index in [4.69, 9.17) is 14.7 Å². The van der Waals surface area contributed by atoms with Crippen LogP contribution in [-0.4, -0.2) is 31.3 Å². The van der Waals surface area contributed by atoms with Crippen molar-refractivity contribution in [1.29, 1.82) is 5.26 Å². The molecule has 0 spiro atoms. The number of nitrogens with zero attached hydrogens (tertiary/aromatic N) is 3. The van der Waals surface area contributed by atoms with Crippen molar-refractivity contribution in [3.8, 4) is 11.8 Å². The van der Waals surface area contributed by atoms with Gasteiger partial charge in [-0.1, -0.05) is 61.5 Å². The maximum Gasteiger partial charge on any atom is 0.149 e. The van der Waals surface area contributed by atoms with Gasteiger partial charge in [-0.25, -0.2) is 4.98 Å². The molecule has 38 heavy (non-hydrogen) atoms. The molecule has 1 N–H and O–H groups in total. The molecule has 3 aromatic carbocycles. The molecule has 6 nitrogen and oxygen atoms in total. The Labute approximate surface area is 224 Å². The SMILES string of the molecule is COc1ccc(CN2C[C@@H]([C@@H](OCC(C)c3ccc(C#N)cc3)c3ccccc3)Nc3ncccc32)cc1. The van der Waals surface area contributed by atoms with Crippen LogP contribution in [0.2, 0.25) is 0 Å². The van der Waals surface area contributed by atoms with Gasteiger partial charge >= 0.3 is 0 Å². The van der Waals surface area contributed by atoms with Gasteiger partial charge in [-0.05, 0) is 53.1 Å². The molecule has 0 amide bonds. The first-order valence-corrected chi connectivity index (χ1v) is 12.9. The van der Waals surface area contributed by atoms with E-state index >= 15 is 0 Å². The van der Waals surface area contributed by atoms with Crippen LogP contribution in [0.15, 0.2) is 97.2 Å². The van der Waals surface area contributed by atoms with Gasteiger partial charge in [0, 0.05) is 25.2 Å². The van der Waals surface area contributed by atoms with Gasteiger partial charge in [0.25, 0.3) is 0 Å². The fraction of sp³-hybridized carbons (Fsp3) is 0.250. The van der Waals surface area contributed by atoms with Gasteiger partial charge in [-0.2, -0.15) is 5.26 Å². The van der Waals surface area contributed by atoms with Crippen LogP contribution >= 0.6 is 0 Å². The first-order chi connectivity index (χ1) is 18.6. The van der Waals surface area contributed by atoms with Crippen LogP contribution in [0.5, 0.6) is 5.75 Å². The summed E-state index contributed by atoms with van der Waals surface area (Å²) in [5.41, 5.74) is 5.23. The molecule has 0 bridgehead atoms. The lowest BCUT2D eigenvalue weighted by Crippen LogP contribution is -2.45. The minimum atomic E-state index is -0.175. The molecule has 0 radical (unpaired) electrons. The number of fused-ring (bicyclic) bond motifs is 1. The molecule has 1 unspecified atom stereocenters. The molecule has 2 heterocycles. The van der Waals surface area contributed by atoms with Crippen molar-refractivity contribution >= 4 is 11.5 Å². The van der Waals surface area contributed by atoms with E-state index in [1.54, 1.807) is 7.11 Å². The largest absolute Gasteiger partial charge is 0.497 e. The van der Waals surface area contributed by atoms with Gasteiger partial charge in [0.15, 0.2) is 0 Å². The molecule has 0 saturated carbocycles. The highest BCUT2D eigenvalue weighted by atomic mass is 16.5. The molecule has 3 atom stereocenters. The van der Waals surface area contributed by atoms with Crippen molar-refractivity contribution in [2.45, 2.75) is 31.5 Å². The van der Waals surface area contributed by atoms with Crippen molar-refractivity contribution in [2.24, 2.45) is 0 Å². The number of aromatic nitrogens is 1. The lowest BCUT2D eigenvalue weighted by Gasteiger charge is -2.40. The number of benzene rings is 3. The molecule has 0 fully saturated rings. The van der Waals surface area contributed by atoms with E-state index in [0.29, 0.717) is 12.2 Å². The molecular formula is C32H32N4O2. The summed E-state index contributed by atoms with van der Waals surface area (Å²) in [5, 5.41) is 12.8. The van der Waals surface area contributed by atoms with Crippen LogP contribution in [0.4, 0.5) is 11.5 Å². The summed E-state index contributed by atoms with van der Waals surface area (Å²) in [6.07, 6.45) is 1.65. The van der Waals surface area contributed by atoms with Gasteiger partial charge in [0.05, 0.1) is 37.1 Å². The third kappa shape index (κ3) is 5.80. The second-order valence-corrected chi connectivity index (χ2v) is 9.65. The Bertz CT molecular complexity index is 1370. The Morgan fingerprint density at radius 1 is 0.974 bits per heavy atom. The molecule has 6 heteroatoms. The van der Waals surface area contributed by atoms with Crippen LogP contribution in [0.25, 0.3) is 0 Å². The second kappa shape index (κ2) is 11.8. The molecule has 4 aromatic rings. The van der Waals surface area contributed by atoms with Crippen LogP contribution in [-0.2, 0) is 11.3 Å². The normalized spacial score (nSPS) is 16.0. The van der Waals surface area contributed by atoms with E-state index in [-0.39, 0.29) is 18.1 Å². The molecule has 1 aliphatic heterocycles. The second-order valence-electron chi connectivity index (χ2n) is 9.65. The van der Waals surface area contributed by atoms with E-state index in [9.17, 15) is 0 Å². The van der Waals surface area contributed by atoms with Gasteiger partial charge in [-0.15, -0.1) is 0 Å². The Kier molecular flexibility index (Phi) is 7.86. The highest BCUT2D eigenvalue weighted by molar-refractivity contribution is 5.69. The van der Waals surface area contributed by atoms with Crippen LogP contribution < -0.4 is 15.0 Å². The van der Waals surface area contributed by atoms with Crippen LogP contribution in [0.3, 0.4) is 0 Å². The Morgan fingerprint density at radius 2 is 1.74 bits per heavy atom. The number of pyridine rings is 1. The average Bonchev–Trinajstić information content (AvgIpc) is 2.98. The first kappa shape index (κ1) is 25.3. The molecule has 0 saturated heterocycles. The van der Waals surface area contributed by atoms with E-state index in [2.05, 4.69) is 70.7 Å². The summed E-state index contributed by atoms with van der Waals surface area (Å²) in [6, 6.07) is 32.6. The van der Waals surface area contributed by atoms with E-state index in [1.165, 1.54) is 5.56 Å². The smallest absolute Gasteiger partial charge is 0.149 e. The van der Waals surface area contributed by atoms with Crippen LogP contribution in [0.1, 0.15) is 41.2 Å². The number of rotatable bonds is 9. The Balaban J connectivity index is 1.39. The minimum Gasteiger partial charge on any atom is -0.497 e. The number of ether oxygens (including phenoxy) is 2. The summed E-state index contributed by atoms with van der Waals surface area (Å²) in [4.78, 5) is 7.04. The maximum atomic E-state index is 9.13. The van der Waals surface area contributed by atoms with Gasteiger partial charge in [0.2, 0.25) is 0 Å². The predicted octanol–water partition coefficient (Wildman–Crippen LogP) is 6.32. The van der Waals surface area contributed by atoms with E-state index in [1.807, 2.05) is 54.7 Å². The first-order valence-electron chi connectivity index (χ1n) is 12.9. The third-order valence-electron chi connectivity index (χ3n) is 7.03. The molecule has 1 aromatic heterocycles. The fourth-order valence-electron chi connectivity index (χ4n) is 4.91. The van der Waals surface area contributed by atoms with Crippen molar-refractivity contribution in [3.05, 3.63) is 119 Å². The predicted molar refractivity (Wildman–Crippen MR) is 150 cm³/mol. The topological polar surface area (TPSA) is 70.4 Å². The van der Waals surface area contributed by atoms with Gasteiger partial charge < -0.3 is 19.7 Å².